The number of hydrogen-bond acceptors (Lipinski definition) is 17. The topological polar surface area (TPSA) is 447 Å². The summed E-state index contributed by atoms with van der Waals surface area (Å²) < 4.78 is 89.2. The molecule has 0 saturated carbocycles. The van der Waals surface area contributed by atoms with Crippen LogP contribution in [0.3, 0.4) is 0 Å². The molecule has 2 aromatic rings. The van der Waals surface area contributed by atoms with E-state index in [0.717, 1.165) is 15.3 Å². The van der Waals surface area contributed by atoms with Crippen LogP contribution in [0.1, 0.15) is 23.8 Å². The van der Waals surface area contributed by atoms with Gasteiger partial charge in [-0.2, -0.15) is 17.2 Å². The van der Waals surface area contributed by atoms with E-state index in [2.05, 4.69) is 21.8 Å². The number of rotatable bonds is 15. The van der Waals surface area contributed by atoms with Crippen molar-refractivity contribution in [1.29, 1.82) is 0 Å². The molecule has 5 atom stereocenters. The Hall–Kier alpha value is -1.96. The third-order valence-corrected chi connectivity index (χ3v) is 12.8. The fraction of sp³-hybridized carbons (Fsp3) is 0.412. The van der Waals surface area contributed by atoms with Gasteiger partial charge in [-0.1, -0.05) is 18.2 Å². The lowest BCUT2D eigenvalue weighted by molar-refractivity contribution is -0.385. The molecular formula is C17H27N3O26P6. The van der Waals surface area contributed by atoms with Crippen molar-refractivity contribution in [3.05, 3.63) is 72.5 Å². The third kappa shape index (κ3) is 15.4. The Labute approximate surface area is 287 Å². The zero-order valence-corrected chi connectivity index (χ0v) is 30.6. The molecule has 0 radical (unpaired) electrons. The van der Waals surface area contributed by atoms with E-state index in [-0.39, 0.29) is 23.2 Å². The summed E-state index contributed by atoms with van der Waals surface area (Å²) in [6.07, 6.45) is -3.29. The van der Waals surface area contributed by atoms with E-state index < -0.39 is 94.7 Å². The summed E-state index contributed by atoms with van der Waals surface area (Å²) in [5.74, 6) is 0. The highest BCUT2D eigenvalue weighted by Crippen LogP contribution is 2.66. The molecule has 52 heavy (non-hydrogen) atoms. The number of aliphatic hydroxyl groups is 1. The smallest absolute Gasteiger partial charge is 0.390 e. The number of nitrogens with zero attached hydrogens (tertiary/aromatic N) is 3. The summed E-state index contributed by atoms with van der Waals surface area (Å²) in [5.41, 5.74) is -1.90. The Morgan fingerprint density at radius 1 is 0.827 bits per heavy atom. The predicted molar refractivity (Wildman–Crippen MR) is 162 cm³/mol. The maximum atomic E-state index is 13.1. The summed E-state index contributed by atoms with van der Waals surface area (Å²) in [5, 5.41) is 21.6. The minimum atomic E-state index is -5.76. The molecule has 0 spiro atoms. The van der Waals surface area contributed by atoms with Gasteiger partial charge < -0.3 is 53.9 Å². The Kier molecular flexibility index (Phi) is 15.3. The van der Waals surface area contributed by atoms with Gasteiger partial charge in [0.15, 0.2) is 0 Å². The Bertz CT molecular complexity index is 2020. The number of aromatic nitrogens is 2. The molecule has 296 valence electrons. The lowest BCUT2D eigenvalue weighted by Crippen LogP contribution is -2.42. The summed E-state index contributed by atoms with van der Waals surface area (Å²) in [6, 6.07) is 5.47. The summed E-state index contributed by atoms with van der Waals surface area (Å²) >= 11 is 0. The number of ether oxygens (including phenoxy) is 1. The van der Waals surface area contributed by atoms with Crippen LogP contribution in [0.5, 0.6) is 0 Å². The van der Waals surface area contributed by atoms with Gasteiger partial charge >= 0.3 is 52.6 Å². The fourth-order valence-electron chi connectivity index (χ4n) is 3.89. The maximum absolute atomic E-state index is 13.1. The molecule has 0 bridgehead atoms. The molecule has 1 saturated heterocycles. The van der Waals surface area contributed by atoms with E-state index >= 15 is 0 Å². The fourth-order valence-corrected chi connectivity index (χ4v) is 9.46. The molecule has 0 amide bonds. The van der Waals surface area contributed by atoms with Crippen LogP contribution >= 0.6 is 46.9 Å². The van der Waals surface area contributed by atoms with Gasteiger partial charge in [0, 0.05) is 29.8 Å². The number of phosphoric acid groups is 6. The Balaban J connectivity index is 0.000000612. The van der Waals surface area contributed by atoms with Gasteiger partial charge in [-0.15, -0.1) is 0 Å². The van der Waals surface area contributed by atoms with Gasteiger partial charge in [0.2, 0.25) is 0 Å². The highest BCUT2D eigenvalue weighted by Gasteiger charge is 2.43. The SMILES string of the molecule is Cc1cn([C@H]2C[C@H](O)[C@@H](COP(=O)(O)OP(=O)(O)OP(=O)(O)O)O2)c(=O)n(Cc2ccccc2[N+](=O)[O-])c1=O.O=P(O)(O)OP(=O)(O)OP(=O)(O)O. The quantitative estimate of drug-likeness (QED) is 0.0616. The average Bonchev–Trinajstić information content (AvgIpc) is 3.27. The summed E-state index contributed by atoms with van der Waals surface area (Å²) in [7, 11) is -33.0. The van der Waals surface area contributed by atoms with E-state index in [1.54, 1.807) is 0 Å². The van der Waals surface area contributed by atoms with Crippen molar-refractivity contribution in [2.24, 2.45) is 0 Å². The zero-order chi connectivity index (χ0) is 40.3. The first-order valence-electron chi connectivity index (χ1n) is 12.8. The minimum absolute atomic E-state index is 0.0444. The number of aliphatic hydroxyl groups excluding tert-OH is 1. The molecular weight excluding hydrogens is 848 g/mol. The first-order chi connectivity index (χ1) is 23.3. The molecule has 29 nitrogen and oxygen atoms in total. The van der Waals surface area contributed by atoms with Crippen LogP contribution in [-0.4, -0.2) is 82.0 Å². The van der Waals surface area contributed by atoms with E-state index in [4.69, 9.17) is 39.0 Å². The van der Waals surface area contributed by atoms with E-state index in [1.165, 1.54) is 31.2 Å². The number of benzene rings is 1. The molecule has 2 heterocycles. The summed E-state index contributed by atoms with van der Waals surface area (Å²) in [4.78, 5) is 113. The van der Waals surface area contributed by atoms with Crippen molar-refractivity contribution >= 4 is 52.6 Å². The van der Waals surface area contributed by atoms with Crippen LogP contribution in [0.25, 0.3) is 0 Å². The number of nitro benzene ring substituents is 1. The number of hydrogen-bond donors (Lipinski definition) is 10. The Morgan fingerprint density at radius 3 is 1.79 bits per heavy atom. The number of para-hydroxylation sites is 1. The Morgan fingerprint density at radius 2 is 1.31 bits per heavy atom. The van der Waals surface area contributed by atoms with Crippen molar-refractivity contribution in [2.75, 3.05) is 6.61 Å². The molecule has 1 aromatic heterocycles. The van der Waals surface area contributed by atoms with Crippen LogP contribution in [0.2, 0.25) is 0 Å². The van der Waals surface area contributed by atoms with Gasteiger partial charge in [-0.3, -0.25) is 28.6 Å². The molecule has 2 unspecified atom stereocenters. The second kappa shape index (κ2) is 17.2. The molecule has 0 aliphatic carbocycles. The second-order valence-corrected chi connectivity index (χ2v) is 18.3. The van der Waals surface area contributed by atoms with Crippen molar-refractivity contribution in [3.63, 3.8) is 0 Å². The van der Waals surface area contributed by atoms with Crippen molar-refractivity contribution < 1.29 is 108 Å². The van der Waals surface area contributed by atoms with Gasteiger partial charge in [-0.05, 0) is 6.92 Å². The zero-order valence-electron chi connectivity index (χ0n) is 25.3. The number of aryl methyl sites for hydroxylation is 1. The van der Waals surface area contributed by atoms with Crippen LogP contribution in [-0.2, 0) is 60.4 Å². The van der Waals surface area contributed by atoms with Crippen molar-refractivity contribution in [2.45, 2.75) is 38.3 Å². The van der Waals surface area contributed by atoms with Crippen molar-refractivity contribution in [1.82, 2.24) is 9.13 Å². The lowest BCUT2D eigenvalue weighted by Gasteiger charge is -2.20. The lowest BCUT2D eigenvalue weighted by atomic mass is 10.1. The van der Waals surface area contributed by atoms with Gasteiger partial charge in [0.1, 0.15) is 12.3 Å². The molecule has 35 heteroatoms. The van der Waals surface area contributed by atoms with Gasteiger partial charge in [0.05, 0.1) is 24.2 Å². The van der Waals surface area contributed by atoms with Gasteiger partial charge in [0.25, 0.3) is 11.2 Å². The van der Waals surface area contributed by atoms with Gasteiger partial charge in [-0.25, -0.2) is 32.2 Å². The molecule has 1 aliphatic rings. The molecule has 1 aliphatic heterocycles. The van der Waals surface area contributed by atoms with Crippen molar-refractivity contribution in [3.8, 4) is 0 Å². The maximum Gasteiger partial charge on any atom is 0.490 e. The van der Waals surface area contributed by atoms with Crippen LogP contribution < -0.4 is 11.2 Å². The first-order valence-corrected chi connectivity index (χ1v) is 21.9. The number of nitro groups is 1. The minimum Gasteiger partial charge on any atom is -0.390 e. The monoisotopic (exact) mass is 875 g/mol. The highest BCUT2D eigenvalue weighted by atomic mass is 31.3. The average molecular weight is 875 g/mol. The molecule has 1 aromatic carbocycles. The van der Waals surface area contributed by atoms with Crippen LogP contribution in [0, 0.1) is 17.0 Å². The van der Waals surface area contributed by atoms with E-state index in [1.807, 2.05) is 0 Å². The molecule has 1 fully saturated rings. The first kappa shape index (κ1) is 46.2. The largest absolute Gasteiger partial charge is 0.490 e. The standard InChI is InChI=1S/C17H22N3O16P3.H5O10P3/c1-10-7-18(17(23)19(16(10)22)8-11-4-2-3-5-12(11)20(24)25)15-6-13(21)14(34-15)9-33-38(29,30)36-39(31,32)35-37(26,27)28;1-11(2,3)9-13(7,8)10-12(4,5)6/h2-5,7,13-15,21H,6,8-9H2,1H3,(H,29,30)(H,31,32)(H2,26,27,28);(H,7,8)(H2,1,2,3)(H2,4,5,6)/t13-,14+,15+;/m0./s1. The summed E-state index contributed by atoms with van der Waals surface area (Å²) in [6.45, 7) is -0.0570. The number of phosphoric ester groups is 1. The van der Waals surface area contributed by atoms with Crippen LogP contribution in [0.4, 0.5) is 5.69 Å². The van der Waals surface area contributed by atoms with E-state index in [0.29, 0.717) is 0 Å². The third-order valence-electron chi connectivity index (χ3n) is 5.64. The molecule has 3 rings (SSSR count). The normalized spacial score (nSPS) is 20.7. The highest BCUT2D eigenvalue weighted by molar-refractivity contribution is 7.67. The predicted octanol–water partition coefficient (Wildman–Crippen LogP) is -0.428. The molecule has 10 N–H and O–H groups in total. The second-order valence-electron chi connectivity index (χ2n) is 9.71. The van der Waals surface area contributed by atoms with Crippen LogP contribution in [0.15, 0.2) is 40.1 Å². The van der Waals surface area contributed by atoms with E-state index in [9.17, 15) is 62.0 Å².